The van der Waals surface area contributed by atoms with Gasteiger partial charge >= 0.3 is 0 Å². The molecule has 0 bridgehead atoms. The smallest absolute Gasteiger partial charge is 0.195 e. The molecule has 0 unspecified atom stereocenters. The van der Waals surface area contributed by atoms with Crippen LogP contribution in [-0.4, -0.2) is 56.8 Å². The first-order valence-electron chi connectivity index (χ1n) is 7.50. The summed E-state index contributed by atoms with van der Waals surface area (Å²) in [6, 6.07) is 0. The second-order valence-electron chi connectivity index (χ2n) is 5.94. The SMILES string of the molecule is CS(=O)(=O)CCC1=NCCn2c1nnc2-c1nc(C2CC2)ns1. The zero-order valence-electron chi connectivity index (χ0n) is 12.6. The van der Waals surface area contributed by atoms with Crippen molar-refractivity contribution >= 4 is 27.1 Å². The summed E-state index contributed by atoms with van der Waals surface area (Å²) in [6.45, 7) is 1.28. The Kier molecular flexibility index (Phi) is 3.52. The summed E-state index contributed by atoms with van der Waals surface area (Å²) in [4.78, 5) is 9.00. The van der Waals surface area contributed by atoms with Crippen LogP contribution in [0.25, 0.3) is 10.8 Å². The quantitative estimate of drug-likeness (QED) is 0.792. The maximum atomic E-state index is 11.4. The Bertz CT molecular complexity index is 878. The van der Waals surface area contributed by atoms with Crippen molar-refractivity contribution < 1.29 is 8.42 Å². The summed E-state index contributed by atoms with van der Waals surface area (Å²) in [5.41, 5.74) is 0.701. The van der Waals surface area contributed by atoms with Gasteiger partial charge < -0.3 is 4.57 Å². The minimum atomic E-state index is -3.03. The topological polar surface area (TPSA) is 103 Å². The van der Waals surface area contributed by atoms with Crippen LogP contribution in [0.15, 0.2) is 4.99 Å². The normalized spacial score (nSPS) is 17.9. The monoisotopic (exact) mass is 352 g/mol. The third-order valence-corrected chi connectivity index (χ3v) is 5.59. The second-order valence-corrected chi connectivity index (χ2v) is 8.95. The summed E-state index contributed by atoms with van der Waals surface area (Å²) in [5.74, 6) is 2.84. The first-order valence-corrected chi connectivity index (χ1v) is 10.3. The largest absolute Gasteiger partial charge is 0.302 e. The molecule has 8 nitrogen and oxygen atoms in total. The Morgan fingerprint density at radius 1 is 1.26 bits per heavy atom. The van der Waals surface area contributed by atoms with E-state index in [2.05, 4.69) is 24.5 Å². The van der Waals surface area contributed by atoms with E-state index in [-0.39, 0.29) is 5.75 Å². The van der Waals surface area contributed by atoms with E-state index in [1.54, 1.807) is 0 Å². The summed E-state index contributed by atoms with van der Waals surface area (Å²) in [7, 11) is -3.03. The summed E-state index contributed by atoms with van der Waals surface area (Å²) in [6.07, 6.45) is 3.92. The molecule has 1 saturated carbocycles. The fourth-order valence-corrected chi connectivity index (χ4v) is 3.85. The van der Waals surface area contributed by atoms with Gasteiger partial charge in [-0.2, -0.15) is 4.37 Å². The minimum Gasteiger partial charge on any atom is -0.302 e. The maximum absolute atomic E-state index is 11.4. The lowest BCUT2D eigenvalue weighted by Crippen LogP contribution is -2.22. The van der Waals surface area contributed by atoms with Gasteiger partial charge in [-0.25, -0.2) is 13.4 Å². The molecule has 2 aliphatic rings. The van der Waals surface area contributed by atoms with Crippen LogP contribution in [0.3, 0.4) is 0 Å². The number of hydrogen-bond donors (Lipinski definition) is 0. The van der Waals surface area contributed by atoms with Crippen LogP contribution in [0.1, 0.15) is 36.8 Å². The average Bonchev–Trinajstić information content (AvgIpc) is 3.08. The minimum absolute atomic E-state index is 0.0681. The van der Waals surface area contributed by atoms with E-state index in [9.17, 15) is 8.42 Å². The summed E-state index contributed by atoms with van der Waals surface area (Å²) < 4.78 is 29.1. The highest BCUT2D eigenvalue weighted by molar-refractivity contribution is 7.90. The van der Waals surface area contributed by atoms with E-state index in [1.807, 2.05) is 4.57 Å². The van der Waals surface area contributed by atoms with Gasteiger partial charge in [0.2, 0.25) is 0 Å². The molecule has 4 rings (SSSR count). The molecule has 23 heavy (non-hydrogen) atoms. The molecule has 0 spiro atoms. The second kappa shape index (κ2) is 5.45. The predicted octanol–water partition coefficient (Wildman–Crippen LogP) is 0.911. The van der Waals surface area contributed by atoms with E-state index in [1.165, 1.54) is 17.8 Å². The fraction of sp³-hybridized carbons (Fsp3) is 0.615. The molecule has 0 atom stereocenters. The highest BCUT2D eigenvalue weighted by Crippen LogP contribution is 2.39. The van der Waals surface area contributed by atoms with E-state index in [0.717, 1.165) is 23.7 Å². The van der Waals surface area contributed by atoms with Crippen LogP contribution < -0.4 is 0 Å². The van der Waals surface area contributed by atoms with E-state index in [0.29, 0.717) is 42.8 Å². The van der Waals surface area contributed by atoms with Crippen molar-refractivity contribution in [2.24, 2.45) is 4.99 Å². The molecule has 2 aromatic heterocycles. The Balaban J connectivity index is 1.62. The number of hydrogen-bond acceptors (Lipinski definition) is 8. The summed E-state index contributed by atoms with van der Waals surface area (Å²) in [5, 5.41) is 9.23. The Morgan fingerprint density at radius 2 is 2.04 bits per heavy atom. The Labute approximate surface area is 137 Å². The first kappa shape index (κ1) is 14.9. The molecule has 0 radical (unpaired) electrons. The Hall–Kier alpha value is -1.68. The lowest BCUT2D eigenvalue weighted by Gasteiger charge is -2.14. The fourth-order valence-electron chi connectivity index (χ4n) is 2.55. The third-order valence-electron chi connectivity index (χ3n) is 3.92. The zero-order valence-corrected chi connectivity index (χ0v) is 14.3. The van der Waals surface area contributed by atoms with Gasteiger partial charge in [0.15, 0.2) is 16.7 Å². The van der Waals surface area contributed by atoms with Crippen molar-refractivity contribution in [1.82, 2.24) is 24.1 Å². The van der Waals surface area contributed by atoms with Gasteiger partial charge in [-0.15, -0.1) is 10.2 Å². The first-order chi connectivity index (χ1) is 11.0. The van der Waals surface area contributed by atoms with Gasteiger partial charge in [-0.3, -0.25) is 4.99 Å². The number of sulfone groups is 1. The van der Waals surface area contributed by atoms with Gasteiger partial charge in [0.05, 0.1) is 18.0 Å². The molecule has 0 aromatic carbocycles. The highest BCUT2D eigenvalue weighted by atomic mass is 32.2. The number of aromatic nitrogens is 5. The molecular formula is C13H16N6O2S2. The number of aliphatic imine (C=N–C) groups is 1. The molecule has 0 N–H and O–H groups in total. The van der Waals surface area contributed by atoms with Crippen LogP contribution in [0, 0.1) is 0 Å². The summed E-state index contributed by atoms with van der Waals surface area (Å²) >= 11 is 1.35. The molecule has 3 heterocycles. The van der Waals surface area contributed by atoms with Crippen LogP contribution >= 0.6 is 11.5 Å². The van der Waals surface area contributed by atoms with Crippen molar-refractivity contribution in [1.29, 1.82) is 0 Å². The molecule has 0 amide bonds. The van der Waals surface area contributed by atoms with Crippen LogP contribution in [0.4, 0.5) is 0 Å². The van der Waals surface area contributed by atoms with Crippen molar-refractivity contribution in [3.63, 3.8) is 0 Å². The van der Waals surface area contributed by atoms with Crippen molar-refractivity contribution in [3.05, 3.63) is 11.6 Å². The third kappa shape index (κ3) is 3.05. The molecule has 0 saturated heterocycles. The van der Waals surface area contributed by atoms with Gasteiger partial charge in [-0.05, 0) is 24.4 Å². The van der Waals surface area contributed by atoms with Crippen LogP contribution in [-0.2, 0) is 16.4 Å². The van der Waals surface area contributed by atoms with Gasteiger partial charge in [0.25, 0.3) is 0 Å². The standard InChI is InChI=1S/C13H16N6O2S2/c1-23(20,21)7-4-9-11-16-17-12(19(11)6-5-14-9)13-15-10(18-22-13)8-2-3-8/h8H,2-7H2,1H3. The van der Waals surface area contributed by atoms with Gasteiger partial charge in [0.1, 0.15) is 15.7 Å². The molecule has 122 valence electrons. The maximum Gasteiger partial charge on any atom is 0.195 e. The average molecular weight is 352 g/mol. The lowest BCUT2D eigenvalue weighted by atomic mass is 10.2. The van der Waals surface area contributed by atoms with Crippen LogP contribution in [0.5, 0.6) is 0 Å². The predicted molar refractivity (Wildman–Crippen MR) is 86.6 cm³/mol. The van der Waals surface area contributed by atoms with Crippen LogP contribution in [0.2, 0.25) is 0 Å². The number of nitrogens with zero attached hydrogens (tertiary/aromatic N) is 6. The molecule has 1 fully saturated rings. The molecular weight excluding hydrogens is 336 g/mol. The Morgan fingerprint density at radius 3 is 2.78 bits per heavy atom. The van der Waals surface area contributed by atoms with Gasteiger partial charge in [0, 0.05) is 25.1 Å². The number of rotatable bonds is 5. The zero-order chi connectivity index (χ0) is 16.0. The molecule has 1 aliphatic heterocycles. The number of fused-ring (bicyclic) bond motifs is 1. The van der Waals surface area contributed by atoms with Gasteiger partial charge in [-0.1, -0.05) is 0 Å². The highest BCUT2D eigenvalue weighted by Gasteiger charge is 2.29. The lowest BCUT2D eigenvalue weighted by molar-refractivity contribution is 0.601. The van der Waals surface area contributed by atoms with E-state index >= 15 is 0 Å². The molecule has 2 aromatic rings. The molecule has 10 heteroatoms. The van der Waals surface area contributed by atoms with Crippen molar-refractivity contribution in [2.75, 3.05) is 18.6 Å². The van der Waals surface area contributed by atoms with E-state index in [4.69, 9.17) is 0 Å². The van der Waals surface area contributed by atoms with E-state index < -0.39 is 9.84 Å². The van der Waals surface area contributed by atoms with Crippen molar-refractivity contribution in [3.8, 4) is 10.8 Å². The molecule has 1 aliphatic carbocycles. The van der Waals surface area contributed by atoms with Crippen molar-refractivity contribution in [2.45, 2.75) is 31.7 Å².